The fourth-order valence-corrected chi connectivity index (χ4v) is 2.38. The van der Waals surface area contributed by atoms with Crippen LogP contribution in [0.3, 0.4) is 0 Å². The van der Waals surface area contributed by atoms with Crippen molar-refractivity contribution in [2.24, 2.45) is 5.92 Å². The molecule has 2 unspecified atom stereocenters. The van der Waals surface area contributed by atoms with Gasteiger partial charge >= 0.3 is 0 Å². The van der Waals surface area contributed by atoms with Crippen molar-refractivity contribution in [3.8, 4) is 0 Å². The van der Waals surface area contributed by atoms with Crippen molar-refractivity contribution in [3.63, 3.8) is 0 Å². The van der Waals surface area contributed by atoms with Crippen molar-refractivity contribution in [1.29, 1.82) is 0 Å². The van der Waals surface area contributed by atoms with Crippen LogP contribution in [0, 0.1) is 5.92 Å². The fraction of sp³-hybridized carbons (Fsp3) is 0.583. The standard InChI is InChI=1S/C12H17BrN2O/c13-10-2-3-11(15-7-10)8-14-6-9-1-4-12(16)5-9/h2-3,7,9,12,14,16H,1,4-6,8H2. The third kappa shape index (κ3) is 3.54. The molecule has 2 rings (SSSR count). The lowest BCUT2D eigenvalue weighted by molar-refractivity contribution is 0.177. The predicted octanol–water partition coefficient (Wildman–Crippen LogP) is 2.09. The molecule has 1 fully saturated rings. The van der Waals surface area contributed by atoms with Gasteiger partial charge in [-0.1, -0.05) is 0 Å². The molecule has 1 saturated carbocycles. The number of nitrogens with zero attached hydrogens (tertiary/aromatic N) is 1. The number of hydrogen-bond donors (Lipinski definition) is 2. The molecule has 2 N–H and O–H groups in total. The van der Waals surface area contributed by atoms with E-state index in [1.807, 2.05) is 18.3 Å². The molecule has 0 bridgehead atoms. The van der Waals surface area contributed by atoms with E-state index in [-0.39, 0.29) is 6.10 Å². The number of rotatable bonds is 4. The van der Waals surface area contributed by atoms with Crippen molar-refractivity contribution >= 4 is 15.9 Å². The number of aliphatic hydroxyl groups excluding tert-OH is 1. The molecule has 88 valence electrons. The maximum Gasteiger partial charge on any atom is 0.0543 e. The van der Waals surface area contributed by atoms with Gasteiger partial charge in [-0.3, -0.25) is 4.98 Å². The van der Waals surface area contributed by atoms with Crippen LogP contribution >= 0.6 is 15.9 Å². The molecule has 0 amide bonds. The smallest absolute Gasteiger partial charge is 0.0543 e. The highest BCUT2D eigenvalue weighted by molar-refractivity contribution is 9.10. The molecule has 1 aliphatic carbocycles. The Morgan fingerprint density at radius 1 is 1.44 bits per heavy atom. The Hall–Kier alpha value is -0.450. The van der Waals surface area contributed by atoms with Gasteiger partial charge in [-0.15, -0.1) is 0 Å². The molecule has 0 spiro atoms. The van der Waals surface area contributed by atoms with Gasteiger partial charge in [0.05, 0.1) is 11.8 Å². The summed E-state index contributed by atoms with van der Waals surface area (Å²) in [6.45, 7) is 1.79. The van der Waals surface area contributed by atoms with Crippen LogP contribution in [-0.4, -0.2) is 22.7 Å². The summed E-state index contributed by atoms with van der Waals surface area (Å²) in [6.07, 6.45) is 4.79. The third-order valence-corrected chi connectivity index (χ3v) is 3.51. The minimum absolute atomic E-state index is 0.0717. The van der Waals surface area contributed by atoms with Gasteiger partial charge in [-0.05, 0) is 59.8 Å². The molecule has 2 atom stereocenters. The first-order valence-corrected chi connectivity index (χ1v) is 6.52. The number of pyridine rings is 1. The van der Waals surface area contributed by atoms with Crippen LogP contribution in [0.15, 0.2) is 22.8 Å². The second-order valence-electron chi connectivity index (χ2n) is 4.43. The number of halogens is 1. The average molecular weight is 285 g/mol. The van der Waals surface area contributed by atoms with E-state index in [4.69, 9.17) is 0 Å². The molecular formula is C12H17BrN2O. The zero-order valence-corrected chi connectivity index (χ0v) is 10.8. The summed E-state index contributed by atoms with van der Waals surface area (Å²) in [6, 6.07) is 4.02. The zero-order chi connectivity index (χ0) is 11.4. The third-order valence-electron chi connectivity index (χ3n) is 3.04. The number of aliphatic hydroxyl groups is 1. The van der Waals surface area contributed by atoms with E-state index in [1.54, 1.807) is 0 Å². The van der Waals surface area contributed by atoms with Crippen LogP contribution in [0.4, 0.5) is 0 Å². The first-order valence-electron chi connectivity index (χ1n) is 5.73. The number of nitrogens with one attached hydrogen (secondary N) is 1. The first kappa shape index (κ1) is 12.0. The van der Waals surface area contributed by atoms with Crippen LogP contribution in [0.5, 0.6) is 0 Å². The minimum Gasteiger partial charge on any atom is -0.393 e. The van der Waals surface area contributed by atoms with Crippen LogP contribution in [-0.2, 0) is 6.54 Å². The average Bonchev–Trinajstić information content (AvgIpc) is 2.67. The molecule has 1 aliphatic rings. The van der Waals surface area contributed by atoms with Crippen LogP contribution in [0.2, 0.25) is 0 Å². The Morgan fingerprint density at radius 2 is 2.31 bits per heavy atom. The van der Waals surface area contributed by atoms with E-state index in [9.17, 15) is 5.11 Å². The Labute approximate surface area is 104 Å². The molecule has 0 aliphatic heterocycles. The molecular weight excluding hydrogens is 268 g/mol. The summed E-state index contributed by atoms with van der Waals surface area (Å²) in [4.78, 5) is 4.30. The van der Waals surface area contributed by atoms with Gasteiger partial charge in [0, 0.05) is 17.2 Å². The second-order valence-corrected chi connectivity index (χ2v) is 5.35. The molecule has 0 aromatic carbocycles. The summed E-state index contributed by atoms with van der Waals surface area (Å²) in [5.74, 6) is 0.630. The van der Waals surface area contributed by atoms with Gasteiger partial charge in [-0.2, -0.15) is 0 Å². The first-order chi connectivity index (χ1) is 7.74. The molecule has 1 aromatic heterocycles. The quantitative estimate of drug-likeness (QED) is 0.890. The SMILES string of the molecule is OC1CCC(CNCc2ccc(Br)cn2)C1. The van der Waals surface area contributed by atoms with Crippen LogP contribution in [0.1, 0.15) is 25.0 Å². The normalized spacial score (nSPS) is 24.9. The lowest BCUT2D eigenvalue weighted by atomic mass is 10.1. The molecule has 16 heavy (non-hydrogen) atoms. The predicted molar refractivity (Wildman–Crippen MR) is 67.0 cm³/mol. The Bertz CT molecular complexity index is 328. The maximum atomic E-state index is 9.40. The summed E-state index contributed by atoms with van der Waals surface area (Å²) in [5, 5.41) is 12.8. The summed E-state index contributed by atoms with van der Waals surface area (Å²) < 4.78 is 1.01. The van der Waals surface area contributed by atoms with Gasteiger partial charge in [0.25, 0.3) is 0 Å². The van der Waals surface area contributed by atoms with Gasteiger partial charge < -0.3 is 10.4 Å². The van der Waals surface area contributed by atoms with Crippen molar-refractivity contribution in [3.05, 3.63) is 28.5 Å². The lowest BCUT2D eigenvalue weighted by Gasteiger charge is -2.10. The fourth-order valence-electron chi connectivity index (χ4n) is 2.15. The van der Waals surface area contributed by atoms with Crippen molar-refractivity contribution < 1.29 is 5.11 Å². The molecule has 4 heteroatoms. The van der Waals surface area contributed by atoms with E-state index in [0.29, 0.717) is 5.92 Å². The molecule has 1 heterocycles. The van der Waals surface area contributed by atoms with Crippen LogP contribution in [0.25, 0.3) is 0 Å². The minimum atomic E-state index is -0.0717. The summed E-state index contributed by atoms with van der Waals surface area (Å²) in [5.41, 5.74) is 1.06. The highest BCUT2D eigenvalue weighted by atomic mass is 79.9. The Kier molecular flexibility index (Phi) is 4.32. The zero-order valence-electron chi connectivity index (χ0n) is 9.19. The van der Waals surface area contributed by atoms with Crippen molar-refractivity contribution in [2.45, 2.75) is 31.9 Å². The molecule has 0 radical (unpaired) electrons. The van der Waals surface area contributed by atoms with Crippen LogP contribution < -0.4 is 5.32 Å². The van der Waals surface area contributed by atoms with E-state index < -0.39 is 0 Å². The largest absolute Gasteiger partial charge is 0.393 e. The monoisotopic (exact) mass is 284 g/mol. The van der Waals surface area contributed by atoms with E-state index >= 15 is 0 Å². The van der Waals surface area contributed by atoms with E-state index in [2.05, 4.69) is 26.2 Å². The maximum absolute atomic E-state index is 9.40. The van der Waals surface area contributed by atoms with Gasteiger partial charge in [0.2, 0.25) is 0 Å². The highest BCUT2D eigenvalue weighted by Crippen LogP contribution is 2.24. The summed E-state index contributed by atoms with van der Waals surface area (Å²) >= 11 is 3.36. The molecule has 0 saturated heterocycles. The van der Waals surface area contributed by atoms with Gasteiger partial charge in [-0.25, -0.2) is 0 Å². The molecule has 1 aromatic rings. The van der Waals surface area contributed by atoms with Gasteiger partial charge in [0.15, 0.2) is 0 Å². The lowest BCUT2D eigenvalue weighted by Crippen LogP contribution is -2.21. The van der Waals surface area contributed by atoms with Gasteiger partial charge in [0.1, 0.15) is 0 Å². The van der Waals surface area contributed by atoms with E-state index in [0.717, 1.165) is 42.5 Å². The highest BCUT2D eigenvalue weighted by Gasteiger charge is 2.21. The number of hydrogen-bond acceptors (Lipinski definition) is 3. The second kappa shape index (κ2) is 5.75. The summed E-state index contributed by atoms with van der Waals surface area (Å²) in [7, 11) is 0. The van der Waals surface area contributed by atoms with Crippen molar-refractivity contribution in [2.75, 3.05) is 6.54 Å². The topological polar surface area (TPSA) is 45.1 Å². The number of aromatic nitrogens is 1. The Morgan fingerprint density at radius 3 is 2.94 bits per heavy atom. The Balaban J connectivity index is 1.70. The molecule has 3 nitrogen and oxygen atoms in total. The van der Waals surface area contributed by atoms with Crippen molar-refractivity contribution in [1.82, 2.24) is 10.3 Å². The van der Waals surface area contributed by atoms with E-state index in [1.165, 1.54) is 0 Å².